The molecule has 0 aliphatic rings. The Balaban J connectivity index is 2.91. The van der Waals surface area contributed by atoms with Gasteiger partial charge in [0.1, 0.15) is 11.4 Å². The summed E-state index contributed by atoms with van der Waals surface area (Å²) in [5.74, 6) is -0.152. The number of carbonyl (C=O) groups excluding carboxylic acids is 2. The van der Waals surface area contributed by atoms with Gasteiger partial charge in [0, 0.05) is 20.1 Å². The average molecular weight is 268 g/mol. The number of urea groups is 1. The molecule has 0 atom stereocenters. The Hall–Kier alpha value is -2.05. The van der Waals surface area contributed by atoms with Crippen LogP contribution in [0.4, 0.5) is 10.6 Å². The molecular formula is C12H20N4O3. The van der Waals surface area contributed by atoms with Crippen molar-refractivity contribution in [3.8, 4) is 0 Å². The Morgan fingerprint density at radius 2 is 2.00 bits per heavy atom. The highest BCUT2D eigenvalue weighted by molar-refractivity contribution is 5.99. The summed E-state index contributed by atoms with van der Waals surface area (Å²) < 4.78 is 6.36. The second kappa shape index (κ2) is 6.77. The largest absolute Gasteiger partial charge is 0.462 e. The third-order valence-corrected chi connectivity index (χ3v) is 2.71. The van der Waals surface area contributed by atoms with E-state index < -0.39 is 5.97 Å². The minimum atomic E-state index is -0.495. The van der Waals surface area contributed by atoms with Crippen molar-refractivity contribution in [1.29, 1.82) is 0 Å². The van der Waals surface area contributed by atoms with Crippen molar-refractivity contribution in [1.82, 2.24) is 14.7 Å². The fourth-order valence-corrected chi connectivity index (χ4v) is 1.64. The summed E-state index contributed by atoms with van der Waals surface area (Å²) in [4.78, 5) is 25.3. The van der Waals surface area contributed by atoms with Gasteiger partial charge in [-0.1, -0.05) is 0 Å². The normalized spacial score (nSPS) is 10.1. The van der Waals surface area contributed by atoms with Crippen LogP contribution in [0.5, 0.6) is 0 Å². The van der Waals surface area contributed by atoms with E-state index in [0.717, 1.165) is 0 Å². The molecule has 0 aliphatic heterocycles. The number of esters is 1. The summed E-state index contributed by atoms with van der Waals surface area (Å²) in [7, 11) is 1.65. The number of anilines is 1. The quantitative estimate of drug-likeness (QED) is 0.820. The lowest BCUT2D eigenvalue weighted by Gasteiger charge is -2.19. The van der Waals surface area contributed by atoms with Crippen LogP contribution >= 0.6 is 0 Å². The first-order chi connectivity index (χ1) is 9.04. The van der Waals surface area contributed by atoms with E-state index in [1.54, 1.807) is 18.9 Å². The SMILES string of the molecule is CCOC(=O)c1cnn(C)c1NC(=O)N(CC)CC. The lowest BCUT2D eigenvalue weighted by Crippen LogP contribution is -2.35. The summed E-state index contributed by atoms with van der Waals surface area (Å²) in [6, 6.07) is -0.265. The number of nitrogens with one attached hydrogen (secondary N) is 1. The minimum absolute atomic E-state index is 0.254. The molecule has 0 spiro atoms. The molecule has 1 N–H and O–H groups in total. The highest BCUT2D eigenvalue weighted by atomic mass is 16.5. The summed E-state index contributed by atoms with van der Waals surface area (Å²) in [5, 5.41) is 6.65. The molecule has 19 heavy (non-hydrogen) atoms. The van der Waals surface area contributed by atoms with E-state index in [9.17, 15) is 9.59 Å². The van der Waals surface area contributed by atoms with Crippen molar-refractivity contribution in [3.63, 3.8) is 0 Å². The standard InChI is InChI=1S/C12H20N4O3/c1-5-16(6-2)12(18)14-10-9(8-13-15(10)4)11(17)19-7-3/h8H,5-7H2,1-4H3,(H,14,18). The van der Waals surface area contributed by atoms with Gasteiger partial charge in [-0.3, -0.25) is 10.00 Å². The average Bonchev–Trinajstić information content (AvgIpc) is 2.73. The van der Waals surface area contributed by atoms with E-state index >= 15 is 0 Å². The number of aromatic nitrogens is 2. The Bertz CT molecular complexity index is 452. The van der Waals surface area contributed by atoms with E-state index in [4.69, 9.17) is 4.74 Å². The summed E-state index contributed by atoms with van der Waals surface area (Å²) in [6.07, 6.45) is 1.38. The maximum absolute atomic E-state index is 12.0. The highest BCUT2D eigenvalue weighted by Gasteiger charge is 2.20. The van der Waals surface area contributed by atoms with Crippen molar-refractivity contribution >= 4 is 17.8 Å². The maximum Gasteiger partial charge on any atom is 0.343 e. The molecule has 1 aromatic heterocycles. The van der Waals surface area contributed by atoms with E-state index in [2.05, 4.69) is 10.4 Å². The van der Waals surface area contributed by atoms with Crippen LogP contribution in [-0.2, 0) is 11.8 Å². The topological polar surface area (TPSA) is 76.5 Å². The van der Waals surface area contributed by atoms with Gasteiger partial charge in [-0.2, -0.15) is 5.10 Å². The Morgan fingerprint density at radius 1 is 1.37 bits per heavy atom. The zero-order valence-corrected chi connectivity index (χ0v) is 11.8. The predicted octanol–water partition coefficient (Wildman–Crippen LogP) is 1.47. The molecule has 0 bridgehead atoms. The first kappa shape index (κ1) is 15.0. The van der Waals surface area contributed by atoms with Crippen LogP contribution in [0.25, 0.3) is 0 Å². The fraction of sp³-hybridized carbons (Fsp3) is 0.583. The zero-order valence-electron chi connectivity index (χ0n) is 11.8. The van der Waals surface area contributed by atoms with Crippen LogP contribution < -0.4 is 5.32 Å². The number of nitrogens with zero attached hydrogens (tertiary/aromatic N) is 3. The van der Waals surface area contributed by atoms with E-state index in [1.165, 1.54) is 10.9 Å². The van der Waals surface area contributed by atoms with Crippen LogP contribution in [-0.4, -0.2) is 46.4 Å². The van der Waals surface area contributed by atoms with Crippen LogP contribution in [0.15, 0.2) is 6.20 Å². The molecule has 1 heterocycles. The van der Waals surface area contributed by atoms with Gasteiger partial charge in [0.25, 0.3) is 0 Å². The number of hydrogen-bond acceptors (Lipinski definition) is 4. The molecule has 0 saturated carbocycles. The molecule has 2 amide bonds. The number of hydrogen-bond donors (Lipinski definition) is 1. The monoisotopic (exact) mass is 268 g/mol. The molecule has 7 heteroatoms. The van der Waals surface area contributed by atoms with Gasteiger partial charge < -0.3 is 9.64 Å². The molecule has 0 unspecified atom stereocenters. The molecule has 0 fully saturated rings. The summed E-state index contributed by atoms with van der Waals surface area (Å²) in [5.41, 5.74) is 0.254. The van der Waals surface area contributed by atoms with Crippen molar-refractivity contribution in [2.75, 3.05) is 25.0 Å². The van der Waals surface area contributed by atoms with Crippen molar-refractivity contribution in [2.45, 2.75) is 20.8 Å². The van der Waals surface area contributed by atoms with Gasteiger partial charge >= 0.3 is 12.0 Å². The molecule has 0 aliphatic carbocycles. The van der Waals surface area contributed by atoms with Crippen LogP contribution in [0.2, 0.25) is 0 Å². The Kier molecular flexibility index (Phi) is 5.35. The second-order valence-electron chi connectivity index (χ2n) is 3.85. The van der Waals surface area contributed by atoms with Crippen molar-refractivity contribution < 1.29 is 14.3 Å². The van der Waals surface area contributed by atoms with Gasteiger partial charge in [0.15, 0.2) is 0 Å². The third-order valence-electron chi connectivity index (χ3n) is 2.71. The lowest BCUT2D eigenvalue weighted by molar-refractivity contribution is 0.0527. The zero-order chi connectivity index (χ0) is 14.4. The molecule has 1 rings (SSSR count). The smallest absolute Gasteiger partial charge is 0.343 e. The Labute approximate surface area is 112 Å². The minimum Gasteiger partial charge on any atom is -0.462 e. The lowest BCUT2D eigenvalue weighted by atomic mass is 10.3. The predicted molar refractivity (Wildman–Crippen MR) is 71.1 cm³/mol. The summed E-state index contributed by atoms with van der Waals surface area (Å²) >= 11 is 0. The number of aryl methyl sites for hydroxylation is 1. The van der Waals surface area contributed by atoms with E-state index in [0.29, 0.717) is 18.9 Å². The fourth-order valence-electron chi connectivity index (χ4n) is 1.64. The van der Waals surface area contributed by atoms with Gasteiger partial charge in [0.2, 0.25) is 0 Å². The molecule has 0 saturated heterocycles. The van der Waals surface area contributed by atoms with E-state index in [1.807, 2.05) is 13.8 Å². The first-order valence-electron chi connectivity index (χ1n) is 6.30. The first-order valence-corrected chi connectivity index (χ1v) is 6.30. The van der Waals surface area contributed by atoms with Gasteiger partial charge in [-0.05, 0) is 20.8 Å². The second-order valence-corrected chi connectivity index (χ2v) is 3.85. The van der Waals surface area contributed by atoms with Gasteiger partial charge in [-0.15, -0.1) is 0 Å². The Morgan fingerprint density at radius 3 is 2.53 bits per heavy atom. The molecule has 106 valence electrons. The van der Waals surface area contributed by atoms with E-state index in [-0.39, 0.29) is 18.2 Å². The van der Waals surface area contributed by atoms with Crippen molar-refractivity contribution in [3.05, 3.63) is 11.8 Å². The maximum atomic E-state index is 12.0. The molecule has 7 nitrogen and oxygen atoms in total. The number of amides is 2. The number of ether oxygens (including phenoxy) is 1. The molecule has 1 aromatic rings. The summed E-state index contributed by atoms with van der Waals surface area (Å²) in [6.45, 7) is 6.96. The van der Waals surface area contributed by atoms with Crippen LogP contribution in [0.1, 0.15) is 31.1 Å². The molecule has 0 radical (unpaired) electrons. The molecular weight excluding hydrogens is 248 g/mol. The third kappa shape index (κ3) is 3.46. The number of carbonyl (C=O) groups is 2. The van der Waals surface area contributed by atoms with Gasteiger partial charge in [0.05, 0.1) is 12.8 Å². The van der Waals surface area contributed by atoms with Crippen LogP contribution in [0, 0.1) is 0 Å². The van der Waals surface area contributed by atoms with Gasteiger partial charge in [-0.25, -0.2) is 9.59 Å². The van der Waals surface area contributed by atoms with Crippen LogP contribution in [0.3, 0.4) is 0 Å². The highest BCUT2D eigenvalue weighted by Crippen LogP contribution is 2.16. The molecule has 0 aromatic carbocycles. The number of rotatable bonds is 5. The van der Waals surface area contributed by atoms with Crippen molar-refractivity contribution in [2.24, 2.45) is 7.05 Å².